The molecule has 478 valence electrons. The number of carboxylic acid groups (broad SMARTS) is 1. The summed E-state index contributed by atoms with van der Waals surface area (Å²) in [4.78, 5) is 51.4. The molecule has 0 aromatic rings. The van der Waals surface area contributed by atoms with Gasteiger partial charge >= 0.3 is 23.9 Å². The predicted molar refractivity (Wildman–Crippen MR) is 331 cm³/mol. The van der Waals surface area contributed by atoms with E-state index in [9.17, 15) is 34.5 Å². The average Bonchev–Trinajstić information content (AvgIpc) is 3.45. The monoisotopic (exact) mass is 1150 g/mol. The maximum Gasteiger partial charge on any atom is 0.335 e. The molecule has 3 N–H and O–H groups in total. The minimum atomic E-state index is -1.89. The highest BCUT2D eigenvalue weighted by molar-refractivity contribution is 5.74. The summed E-state index contributed by atoms with van der Waals surface area (Å²) in [5, 5.41) is 31.6. The number of aliphatic carboxylic acids is 1. The molecular weight excluding hydrogens is 1020 g/mol. The highest BCUT2D eigenvalue weighted by Gasteiger charge is 2.50. The molecule has 1 fully saturated rings. The first-order chi connectivity index (χ1) is 39.6. The number of rotatable bonds is 62. The zero-order valence-electron chi connectivity index (χ0n) is 53.1. The number of aliphatic hydroxyl groups is 2. The number of unbranched alkanes of at least 4 members (excludes halogenated alkanes) is 48. The number of carbonyl (C=O) groups excluding carboxylic acids is 3. The van der Waals surface area contributed by atoms with Crippen molar-refractivity contribution in [1.82, 2.24) is 0 Å². The van der Waals surface area contributed by atoms with Gasteiger partial charge in [-0.2, -0.15) is 0 Å². The van der Waals surface area contributed by atoms with Crippen LogP contribution in [0.5, 0.6) is 0 Å². The Balaban J connectivity index is 2.57. The van der Waals surface area contributed by atoms with Crippen LogP contribution in [-0.4, -0.2) is 89.2 Å². The SMILES string of the molecule is CCCCCCCCCCCCCCCCCCCCCC(=O)OCC(COC1OC(C(=O)O)C(O)C(O)C1OC(=O)CCCCCCCCCCCCCCCCCCCCC)OC(=O)CCCCCCCCCCCCCCC. The van der Waals surface area contributed by atoms with Crippen LogP contribution in [-0.2, 0) is 42.9 Å². The van der Waals surface area contributed by atoms with E-state index >= 15 is 0 Å². The van der Waals surface area contributed by atoms with Crippen molar-refractivity contribution in [1.29, 1.82) is 0 Å². The van der Waals surface area contributed by atoms with Gasteiger partial charge in [-0.05, 0) is 19.3 Å². The van der Waals surface area contributed by atoms with E-state index in [0.29, 0.717) is 19.3 Å². The van der Waals surface area contributed by atoms with Crippen molar-refractivity contribution in [2.75, 3.05) is 13.2 Å². The number of carbonyl (C=O) groups is 4. The highest BCUT2D eigenvalue weighted by atomic mass is 16.7. The molecule has 0 amide bonds. The first-order valence-electron chi connectivity index (χ1n) is 35.0. The molecule has 6 atom stereocenters. The van der Waals surface area contributed by atoms with E-state index in [4.69, 9.17) is 23.7 Å². The summed E-state index contributed by atoms with van der Waals surface area (Å²) in [6, 6.07) is 0. The lowest BCUT2D eigenvalue weighted by atomic mass is 9.98. The van der Waals surface area contributed by atoms with E-state index in [2.05, 4.69) is 20.8 Å². The summed E-state index contributed by atoms with van der Waals surface area (Å²) in [6.45, 7) is 6.08. The molecule has 12 nitrogen and oxygen atoms in total. The molecule has 81 heavy (non-hydrogen) atoms. The lowest BCUT2D eigenvalue weighted by molar-refractivity contribution is -0.301. The van der Waals surface area contributed by atoms with Crippen LogP contribution in [0.25, 0.3) is 0 Å². The molecule has 0 saturated carbocycles. The van der Waals surface area contributed by atoms with E-state index in [0.717, 1.165) is 57.8 Å². The first kappa shape index (κ1) is 76.7. The van der Waals surface area contributed by atoms with Gasteiger partial charge in [0.1, 0.15) is 18.8 Å². The Morgan fingerprint density at radius 3 is 0.926 bits per heavy atom. The number of hydrogen-bond acceptors (Lipinski definition) is 11. The summed E-state index contributed by atoms with van der Waals surface area (Å²) in [5.41, 5.74) is 0. The van der Waals surface area contributed by atoms with E-state index in [1.54, 1.807) is 0 Å². The Kier molecular flexibility index (Phi) is 55.1. The second kappa shape index (κ2) is 58.1. The number of ether oxygens (including phenoxy) is 5. The maximum atomic E-state index is 13.2. The van der Waals surface area contributed by atoms with Crippen LogP contribution in [0.2, 0.25) is 0 Å². The smallest absolute Gasteiger partial charge is 0.335 e. The largest absolute Gasteiger partial charge is 0.479 e. The zero-order valence-corrected chi connectivity index (χ0v) is 53.1. The van der Waals surface area contributed by atoms with Crippen LogP contribution < -0.4 is 0 Å². The molecule has 1 saturated heterocycles. The van der Waals surface area contributed by atoms with E-state index in [-0.39, 0.29) is 25.9 Å². The summed E-state index contributed by atoms with van der Waals surface area (Å²) in [5.74, 6) is -3.06. The van der Waals surface area contributed by atoms with Crippen LogP contribution in [0.15, 0.2) is 0 Å². The Morgan fingerprint density at radius 1 is 0.358 bits per heavy atom. The summed E-state index contributed by atoms with van der Waals surface area (Å²) in [6.07, 6.45) is 53.5. The van der Waals surface area contributed by atoms with Crippen LogP contribution in [0.3, 0.4) is 0 Å². The topological polar surface area (TPSA) is 175 Å². The fraction of sp³-hybridized carbons (Fsp3) is 0.942. The first-order valence-corrected chi connectivity index (χ1v) is 35.0. The molecule has 0 aromatic carbocycles. The molecule has 0 aliphatic carbocycles. The molecule has 1 heterocycles. The fourth-order valence-electron chi connectivity index (χ4n) is 11.3. The summed E-state index contributed by atoms with van der Waals surface area (Å²) in [7, 11) is 0. The molecule has 0 bridgehead atoms. The minimum absolute atomic E-state index is 0.0716. The van der Waals surface area contributed by atoms with Crippen molar-refractivity contribution in [3.05, 3.63) is 0 Å². The normalized spacial score (nSPS) is 17.6. The van der Waals surface area contributed by atoms with Gasteiger partial charge in [-0.1, -0.05) is 329 Å². The van der Waals surface area contributed by atoms with Gasteiger partial charge in [0.2, 0.25) is 0 Å². The number of carboxylic acids is 1. The Hall–Kier alpha value is -2.28. The van der Waals surface area contributed by atoms with Gasteiger partial charge in [0.15, 0.2) is 24.6 Å². The number of aliphatic hydroxyl groups excluding tert-OH is 2. The van der Waals surface area contributed by atoms with Crippen molar-refractivity contribution < 1.29 is 58.2 Å². The Labute approximate surface area is 497 Å². The fourth-order valence-corrected chi connectivity index (χ4v) is 11.3. The molecule has 6 unspecified atom stereocenters. The molecule has 1 aliphatic heterocycles. The van der Waals surface area contributed by atoms with Gasteiger partial charge in [0.05, 0.1) is 6.61 Å². The molecule has 0 radical (unpaired) electrons. The van der Waals surface area contributed by atoms with Gasteiger partial charge in [-0.3, -0.25) is 14.4 Å². The molecule has 12 heteroatoms. The van der Waals surface area contributed by atoms with Crippen molar-refractivity contribution >= 4 is 23.9 Å². The minimum Gasteiger partial charge on any atom is -0.479 e. The molecule has 1 rings (SSSR count). The van der Waals surface area contributed by atoms with E-state index in [1.807, 2.05) is 0 Å². The van der Waals surface area contributed by atoms with Crippen LogP contribution in [0.1, 0.15) is 367 Å². The van der Waals surface area contributed by atoms with Gasteiger partial charge in [0.25, 0.3) is 0 Å². The van der Waals surface area contributed by atoms with E-state index < -0.39 is 67.3 Å². The number of hydrogen-bond donors (Lipinski definition) is 3. The number of esters is 3. The molecule has 1 aliphatic rings. The van der Waals surface area contributed by atoms with Gasteiger partial charge < -0.3 is 39.0 Å². The van der Waals surface area contributed by atoms with Crippen LogP contribution in [0, 0.1) is 0 Å². The second-order valence-electron chi connectivity index (χ2n) is 24.5. The van der Waals surface area contributed by atoms with E-state index in [1.165, 1.54) is 250 Å². The quantitative estimate of drug-likeness (QED) is 0.0299. The second-order valence-corrected chi connectivity index (χ2v) is 24.5. The van der Waals surface area contributed by atoms with Crippen molar-refractivity contribution in [2.45, 2.75) is 404 Å². The van der Waals surface area contributed by atoms with Crippen LogP contribution in [0.4, 0.5) is 0 Å². The third kappa shape index (κ3) is 47.6. The molecule has 0 spiro atoms. The standard InChI is InChI=1S/C69H130O12/c1-4-7-10-13-16-19-22-25-27-29-31-33-35-38-40-43-46-49-52-55-61(70)77-58-60(79-62(71)56-53-50-47-44-41-37-24-21-18-15-12-9-6-3)59-78-69-67(65(74)64(73)66(81-69)68(75)76)80-63(72)57-54-51-48-45-42-39-36-34-32-30-28-26-23-20-17-14-11-8-5-2/h60,64-67,69,73-74H,4-59H2,1-3H3,(H,75,76). The Morgan fingerprint density at radius 2 is 0.630 bits per heavy atom. The predicted octanol–water partition coefficient (Wildman–Crippen LogP) is 19.0. The van der Waals surface area contributed by atoms with Gasteiger partial charge in [-0.15, -0.1) is 0 Å². The Bertz CT molecular complexity index is 1410. The lowest BCUT2D eigenvalue weighted by Crippen LogP contribution is -2.61. The van der Waals surface area contributed by atoms with Gasteiger partial charge in [0, 0.05) is 19.3 Å². The van der Waals surface area contributed by atoms with Crippen molar-refractivity contribution in [3.8, 4) is 0 Å². The zero-order chi connectivity index (χ0) is 58.9. The third-order valence-corrected chi connectivity index (χ3v) is 16.7. The average molecular weight is 1150 g/mol. The summed E-state index contributed by atoms with van der Waals surface area (Å²) < 4.78 is 28.6. The highest BCUT2D eigenvalue weighted by Crippen LogP contribution is 2.27. The maximum absolute atomic E-state index is 13.2. The molecule has 0 aromatic heterocycles. The lowest BCUT2D eigenvalue weighted by Gasteiger charge is -2.40. The van der Waals surface area contributed by atoms with Crippen molar-refractivity contribution in [2.24, 2.45) is 0 Å². The van der Waals surface area contributed by atoms with Crippen LogP contribution >= 0.6 is 0 Å². The van der Waals surface area contributed by atoms with Crippen molar-refractivity contribution in [3.63, 3.8) is 0 Å². The molecular formula is C69H130O12. The summed E-state index contributed by atoms with van der Waals surface area (Å²) >= 11 is 0. The third-order valence-electron chi connectivity index (χ3n) is 16.7. The van der Waals surface area contributed by atoms with Gasteiger partial charge in [-0.25, -0.2) is 4.79 Å².